The third-order valence-electron chi connectivity index (χ3n) is 3.71. The lowest BCUT2D eigenvalue weighted by Crippen LogP contribution is -2.24. The summed E-state index contributed by atoms with van der Waals surface area (Å²) in [5.74, 6) is 2.50. The van der Waals surface area contributed by atoms with Crippen LogP contribution in [0.2, 0.25) is 0 Å². The molecule has 2 heteroatoms. The first-order valence-corrected chi connectivity index (χ1v) is 6.81. The fraction of sp³-hybridized carbons (Fsp3) is 1.00. The van der Waals surface area contributed by atoms with Crippen LogP contribution in [0.1, 0.15) is 39.5 Å². The molecule has 0 saturated heterocycles. The molecule has 0 spiro atoms. The zero-order chi connectivity index (χ0) is 12.0. The molecule has 96 valence electrons. The molecule has 1 aliphatic rings. The van der Waals surface area contributed by atoms with E-state index in [0.29, 0.717) is 0 Å². The van der Waals surface area contributed by atoms with E-state index in [1.165, 1.54) is 38.8 Å². The number of hydrogen-bond acceptors (Lipinski definition) is 2. The number of rotatable bonds is 9. The lowest BCUT2D eigenvalue weighted by atomic mass is 9.92. The van der Waals surface area contributed by atoms with Gasteiger partial charge in [-0.15, -0.1) is 0 Å². The van der Waals surface area contributed by atoms with E-state index in [0.717, 1.165) is 24.4 Å². The van der Waals surface area contributed by atoms with Crippen molar-refractivity contribution in [3.8, 4) is 0 Å². The molecule has 16 heavy (non-hydrogen) atoms. The highest BCUT2D eigenvalue weighted by Gasteiger charge is 2.22. The first-order chi connectivity index (χ1) is 7.63. The smallest absolute Gasteiger partial charge is 0.0492 e. The molecule has 1 atom stereocenters. The van der Waals surface area contributed by atoms with Gasteiger partial charge in [-0.1, -0.05) is 13.8 Å². The quantitative estimate of drug-likeness (QED) is 0.600. The normalized spacial score (nSPS) is 18.4. The van der Waals surface area contributed by atoms with Crippen molar-refractivity contribution in [3.63, 3.8) is 0 Å². The standard InChI is InChI=1S/C14H29NO/c1-12(2)14(11-16-4)6-5-9-15(3)10-13-7-8-13/h12-14H,5-11H2,1-4H3. The van der Waals surface area contributed by atoms with Crippen LogP contribution >= 0.6 is 0 Å². The van der Waals surface area contributed by atoms with Gasteiger partial charge in [0.1, 0.15) is 0 Å². The van der Waals surface area contributed by atoms with Gasteiger partial charge >= 0.3 is 0 Å². The van der Waals surface area contributed by atoms with E-state index >= 15 is 0 Å². The molecule has 0 N–H and O–H groups in total. The van der Waals surface area contributed by atoms with Crippen LogP contribution in [0.25, 0.3) is 0 Å². The van der Waals surface area contributed by atoms with Gasteiger partial charge in [0.05, 0.1) is 0 Å². The molecule has 0 aliphatic heterocycles. The van der Waals surface area contributed by atoms with Crippen LogP contribution in [-0.4, -0.2) is 38.8 Å². The second-order valence-electron chi connectivity index (χ2n) is 5.81. The van der Waals surface area contributed by atoms with Gasteiger partial charge in [-0.25, -0.2) is 0 Å². The number of hydrogen-bond donors (Lipinski definition) is 0. The molecule has 1 fully saturated rings. The molecule has 0 amide bonds. The first-order valence-electron chi connectivity index (χ1n) is 6.81. The van der Waals surface area contributed by atoms with E-state index in [-0.39, 0.29) is 0 Å². The Morgan fingerprint density at radius 3 is 2.50 bits per heavy atom. The second kappa shape index (κ2) is 7.29. The summed E-state index contributed by atoms with van der Waals surface area (Å²) in [7, 11) is 4.08. The van der Waals surface area contributed by atoms with E-state index < -0.39 is 0 Å². The Kier molecular flexibility index (Phi) is 6.37. The number of nitrogens with zero attached hydrogens (tertiary/aromatic N) is 1. The average Bonchev–Trinajstić information content (AvgIpc) is 3.00. The molecular formula is C14H29NO. The summed E-state index contributed by atoms with van der Waals surface area (Å²) >= 11 is 0. The van der Waals surface area contributed by atoms with Crippen molar-refractivity contribution in [3.05, 3.63) is 0 Å². The third kappa shape index (κ3) is 5.86. The Hall–Kier alpha value is -0.0800. The van der Waals surface area contributed by atoms with Gasteiger partial charge in [-0.3, -0.25) is 0 Å². The monoisotopic (exact) mass is 227 g/mol. The van der Waals surface area contributed by atoms with Gasteiger partial charge in [-0.2, -0.15) is 0 Å². The molecule has 1 rings (SSSR count). The Balaban J connectivity index is 2.06. The van der Waals surface area contributed by atoms with E-state index in [4.69, 9.17) is 4.74 Å². The molecule has 1 aliphatic carbocycles. The zero-order valence-corrected chi connectivity index (χ0v) is 11.5. The summed E-state index contributed by atoms with van der Waals surface area (Å²) in [5.41, 5.74) is 0. The van der Waals surface area contributed by atoms with Gasteiger partial charge in [0.2, 0.25) is 0 Å². The summed E-state index contributed by atoms with van der Waals surface area (Å²) in [6, 6.07) is 0. The highest BCUT2D eigenvalue weighted by atomic mass is 16.5. The molecule has 0 bridgehead atoms. The molecule has 0 aromatic rings. The van der Waals surface area contributed by atoms with Crippen LogP contribution in [0.4, 0.5) is 0 Å². The molecule has 0 radical (unpaired) electrons. The minimum absolute atomic E-state index is 0.735. The highest BCUT2D eigenvalue weighted by molar-refractivity contribution is 4.76. The van der Waals surface area contributed by atoms with Crippen molar-refractivity contribution in [2.24, 2.45) is 17.8 Å². The predicted octanol–water partition coefficient (Wildman–Crippen LogP) is 3.03. The maximum atomic E-state index is 5.28. The van der Waals surface area contributed by atoms with Gasteiger partial charge in [0.25, 0.3) is 0 Å². The van der Waals surface area contributed by atoms with Crippen molar-refractivity contribution in [1.29, 1.82) is 0 Å². The van der Waals surface area contributed by atoms with Crippen LogP contribution in [0.15, 0.2) is 0 Å². The summed E-state index contributed by atoms with van der Waals surface area (Å²) in [6.45, 7) is 8.10. The highest BCUT2D eigenvalue weighted by Crippen LogP contribution is 2.29. The van der Waals surface area contributed by atoms with Crippen LogP contribution < -0.4 is 0 Å². The second-order valence-corrected chi connectivity index (χ2v) is 5.81. The Bertz CT molecular complexity index is 178. The number of methoxy groups -OCH3 is 1. The summed E-state index contributed by atoms with van der Waals surface area (Å²) in [4.78, 5) is 2.50. The topological polar surface area (TPSA) is 12.5 Å². The maximum Gasteiger partial charge on any atom is 0.0492 e. The molecule has 0 heterocycles. The lowest BCUT2D eigenvalue weighted by molar-refractivity contribution is 0.120. The molecule has 1 unspecified atom stereocenters. The van der Waals surface area contributed by atoms with Crippen LogP contribution in [0.3, 0.4) is 0 Å². The van der Waals surface area contributed by atoms with Gasteiger partial charge < -0.3 is 9.64 Å². The third-order valence-corrected chi connectivity index (χ3v) is 3.71. The maximum absolute atomic E-state index is 5.28. The van der Waals surface area contributed by atoms with Crippen molar-refractivity contribution in [1.82, 2.24) is 4.90 Å². The fourth-order valence-electron chi connectivity index (χ4n) is 2.28. The van der Waals surface area contributed by atoms with Gasteiger partial charge in [0.15, 0.2) is 0 Å². The van der Waals surface area contributed by atoms with Crippen molar-refractivity contribution in [2.45, 2.75) is 39.5 Å². The molecule has 2 nitrogen and oxygen atoms in total. The largest absolute Gasteiger partial charge is 0.384 e. The Morgan fingerprint density at radius 2 is 2.00 bits per heavy atom. The first kappa shape index (κ1) is 14.0. The molecule has 1 saturated carbocycles. The average molecular weight is 227 g/mol. The minimum atomic E-state index is 0.735. The zero-order valence-electron chi connectivity index (χ0n) is 11.5. The minimum Gasteiger partial charge on any atom is -0.384 e. The fourth-order valence-corrected chi connectivity index (χ4v) is 2.28. The summed E-state index contributed by atoms with van der Waals surface area (Å²) in [6.07, 6.45) is 5.54. The SMILES string of the molecule is COCC(CCCN(C)CC1CC1)C(C)C. The summed E-state index contributed by atoms with van der Waals surface area (Å²) < 4.78 is 5.28. The van der Waals surface area contributed by atoms with E-state index in [1.807, 2.05) is 7.11 Å². The van der Waals surface area contributed by atoms with E-state index in [2.05, 4.69) is 25.8 Å². The van der Waals surface area contributed by atoms with Crippen molar-refractivity contribution >= 4 is 0 Å². The molecular weight excluding hydrogens is 198 g/mol. The van der Waals surface area contributed by atoms with Crippen molar-refractivity contribution < 1.29 is 4.74 Å². The van der Waals surface area contributed by atoms with Gasteiger partial charge in [-0.05, 0) is 57.0 Å². The number of ether oxygens (including phenoxy) is 1. The summed E-state index contributed by atoms with van der Waals surface area (Å²) in [5, 5.41) is 0. The Morgan fingerprint density at radius 1 is 1.31 bits per heavy atom. The van der Waals surface area contributed by atoms with Crippen LogP contribution in [0.5, 0.6) is 0 Å². The van der Waals surface area contributed by atoms with Crippen LogP contribution in [0, 0.1) is 17.8 Å². The predicted molar refractivity (Wildman–Crippen MR) is 69.7 cm³/mol. The molecule has 0 aromatic carbocycles. The van der Waals surface area contributed by atoms with Crippen molar-refractivity contribution in [2.75, 3.05) is 33.9 Å². The van der Waals surface area contributed by atoms with E-state index in [9.17, 15) is 0 Å². The Labute approximate surface area is 101 Å². The lowest BCUT2D eigenvalue weighted by Gasteiger charge is -2.22. The van der Waals surface area contributed by atoms with E-state index in [1.54, 1.807) is 0 Å². The van der Waals surface area contributed by atoms with Gasteiger partial charge in [0, 0.05) is 20.3 Å². The van der Waals surface area contributed by atoms with Crippen LogP contribution in [-0.2, 0) is 4.74 Å². The molecule has 0 aromatic heterocycles.